The van der Waals surface area contributed by atoms with Gasteiger partial charge in [-0.05, 0) is 42.7 Å². The third kappa shape index (κ3) is 6.49. The van der Waals surface area contributed by atoms with Gasteiger partial charge in [0.2, 0.25) is 5.91 Å². The monoisotopic (exact) mass is 414 g/mol. The SMILES string of the molecule is O=C(CCCCCCNS(=O)Cc1ccc(-c2ccc3[nH]ccc3c2)nc1)NO. The van der Waals surface area contributed by atoms with Crippen LogP contribution in [0.15, 0.2) is 48.8 Å². The first-order chi connectivity index (χ1) is 14.2. The molecular formula is C21H26N4O3S. The summed E-state index contributed by atoms with van der Waals surface area (Å²) in [5.41, 5.74) is 5.60. The number of aromatic amines is 1. The van der Waals surface area contributed by atoms with Gasteiger partial charge in [0.05, 0.1) is 22.4 Å². The molecule has 0 fully saturated rings. The number of fused-ring (bicyclic) bond motifs is 1. The fourth-order valence-corrected chi connectivity index (χ4v) is 4.05. The molecule has 0 aliphatic carbocycles. The van der Waals surface area contributed by atoms with E-state index in [1.165, 1.54) is 0 Å². The van der Waals surface area contributed by atoms with Crippen LogP contribution < -0.4 is 10.2 Å². The number of carbonyl (C=O) groups is 1. The molecule has 2 aromatic heterocycles. The van der Waals surface area contributed by atoms with Crippen LogP contribution in [0.1, 0.15) is 37.7 Å². The van der Waals surface area contributed by atoms with Gasteiger partial charge in [-0.15, -0.1) is 0 Å². The highest BCUT2D eigenvalue weighted by atomic mass is 32.2. The van der Waals surface area contributed by atoms with Gasteiger partial charge in [0, 0.05) is 41.8 Å². The summed E-state index contributed by atoms with van der Waals surface area (Å²) in [5, 5.41) is 9.56. The van der Waals surface area contributed by atoms with Gasteiger partial charge in [-0.2, -0.15) is 0 Å². The van der Waals surface area contributed by atoms with Crippen molar-refractivity contribution in [2.45, 2.75) is 37.9 Å². The van der Waals surface area contributed by atoms with E-state index in [2.05, 4.69) is 20.8 Å². The molecule has 0 aliphatic rings. The third-order valence-electron chi connectivity index (χ3n) is 4.69. The van der Waals surface area contributed by atoms with Gasteiger partial charge >= 0.3 is 0 Å². The van der Waals surface area contributed by atoms with E-state index >= 15 is 0 Å². The molecule has 3 rings (SSSR count). The zero-order valence-electron chi connectivity index (χ0n) is 16.2. The Morgan fingerprint density at radius 2 is 1.97 bits per heavy atom. The topological polar surface area (TPSA) is 107 Å². The maximum Gasteiger partial charge on any atom is 0.243 e. The molecule has 2 heterocycles. The third-order valence-corrected chi connectivity index (χ3v) is 5.81. The molecule has 0 aliphatic heterocycles. The maximum atomic E-state index is 12.2. The van der Waals surface area contributed by atoms with Crippen LogP contribution in [-0.2, 0) is 21.5 Å². The number of benzene rings is 1. The van der Waals surface area contributed by atoms with E-state index in [-0.39, 0.29) is 5.91 Å². The molecule has 8 heteroatoms. The maximum absolute atomic E-state index is 12.2. The van der Waals surface area contributed by atoms with Gasteiger partial charge in [-0.1, -0.05) is 25.0 Å². The molecule has 1 aromatic carbocycles. The summed E-state index contributed by atoms with van der Waals surface area (Å²) in [5.74, 6) is 0.0646. The minimum atomic E-state index is -1.14. The molecule has 0 spiro atoms. The second-order valence-electron chi connectivity index (χ2n) is 6.91. The summed E-state index contributed by atoms with van der Waals surface area (Å²) >= 11 is 0. The molecular weight excluding hydrogens is 388 g/mol. The smallest absolute Gasteiger partial charge is 0.243 e. The van der Waals surface area contributed by atoms with Crippen molar-refractivity contribution in [3.05, 3.63) is 54.4 Å². The number of pyridine rings is 1. The van der Waals surface area contributed by atoms with Crippen molar-refractivity contribution in [1.82, 2.24) is 20.2 Å². The van der Waals surface area contributed by atoms with Gasteiger partial charge in [0.1, 0.15) is 0 Å². The number of nitrogens with one attached hydrogen (secondary N) is 3. The van der Waals surface area contributed by atoms with Crippen LogP contribution in [-0.4, -0.2) is 31.8 Å². The summed E-state index contributed by atoms with van der Waals surface area (Å²) < 4.78 is 15.2. The predicted molar refractivity (Wildman–Crippen MR) is 114 cm³/mol. The Kier molecular flexibility index (Phi) is 7.92. The van der Waals surface area contributed by atoms with Crippen molar-refractivity contribution in [2.75, 3.05) is 6.54 Å². The van der Waals surface area contributed by atoms with E-state index in [1.54, 1.807) is 11.7 Å². The predicted octanol–water partition coefficient (Wildman–Crippen LogP) is 3.44. The number of amides is 1. The number of rotatable bonds is 11. The van der Waals surface area contributed by atoms with Crippen LogP contribution >= 0.6 is 0 Å². The molecule has 1 unspecified atom stereocenters. The lowest BCUT2D eigenvalue weighted by molar-refractivity contribution is -0.129. The van der Waals surface area contributed by atoms with Crippen LogP contribution in [0.3, 0.4) is 0 Å². The van der Waals surface area contributed by atoms with Crippen LogP contribution in [0.5, 0.6) is 0 Å². The summed E-state index contributed by atoms with van der Waals surface area (Å²) in [7, 11) is -1.14. The number of nitrogens with zero attached hydrogens (tertiary/aromatic N) is 1. The Balaban J connectivity index is 1.39. The number of hydroxylamine groups is 1. The summed E-state index contributed by atoms with van der Waals surface area (Å²) in [4.78, 5) is 18.6. The van der Waals surface area contributed by atoms with Gasteiger partial charge in [0.15, 0.2) is 0 Å². The minimum Gasteiger partial charge on any atom is -0.361 e. The fourth-order valence-electron chi connectivity index (χ4n) is 3.10. The molecule has 0 bridgehead atoms. The van der Waals surface area contributed by atoms with E-state index in [9.17, 15) is 9.00 Å². The minimum absolute atomic E-state index is 0.331. The number of aromatic nitrogens is 2. The first-order valence-corrected chi connectivity index (χ1v) is 11.0. The first-order valence-electron chi connectivity index (χ1n) is 9.73. The highest BCUT2D eigenvalue weighted by Gasteiger charge is 2.05. The standard InChI is InChI=1S/C21H26N4O3S/c26-21(25-27)5-3-1-2-4-11-24-29(28)15-16-6-8-20(23-14-16)17-7-9-19-18(13-17)10-12-22-19/h6-10,12-14,22,24,27H,1-5,11,15H2,(H,25,26). The Morgan fingerprint density at radius 3 is 2.76 bits per heavy atom. The van der Waals surface area contributed by atoms with Crippen molar-refractivity contribution in [3.8, 4) is 11.3 Å². The average molecular weight is 415 g/mol. The van der Waals surface area contributed by atoms with Crippen LogP contribution in [0, 0.1) is 0 Å². The number of carbonyl (C=O) groups excluding carboxylic acids is 1. The van der Waals surface area contributed by atoms with E-state index in [4.69, 9.17) is 5.21 Å². The van der Waals surface area contributed by atoms with Crippen molar-refractivity contribution in [1.29, 1.82) is 0 Å². The quantitative estimate of drug-likeness (QED) is 0.219. The lowest BCUT2D eigenvalue weighted by Crippen LogP contribution is -2.20. The number of unbranched alkanes of at least 4 members (excludes halogenated alkanes) is 3. The Bertz CT molecular complexity index is 956. The highest BCUT2D eigenvalue weighted by Crippen LogP contribution is 2.22. The number of hydrogen-bond donors (Lipinski definition) is 4. The lowest BCUT2D eigenvalue weighted by atomic mass is 10.1. The zero-order valence-corrected chi connectivity index (χ0v) is 17.0. The van der Waals surface area contributed by atoms with Crippen LogP contribution in [0.25, 0.3) is 22.2 Å². The molecule has 29 heavy (non-hydrogen) atoms. The van der Waals surface area contributed by atoms with E-state index < -0.39 is 11.0 Å². The Labute approximate surface area is 172 Å². The summed E-state index contributed by atoms with van der Waals surface area (Å²) in [6.07, 6.45) is 7.52. The molecule has 154 valence electrons. The molecule has 0 saturated carbocycles. The number of hydrogen-bond acceptors (Lipinski definition) is 4. The summed E-state index contributed by atoms with van der Waals surface area (Å²) in [6, 6.07) is 12.1. The second-order valence-corrected chi connectivity index (χ2v) is 8.18. The molecule has 7 nitrogen and oxygen atoms in total. The van der Waals surface area contributed by atoms with E-state index in [1.807, 2.05) is 36.5 Å². The lowest BCUT2D eigenvalue weighted by Gasteiger charge is -2.06. The Hall–Kier alpha value is -2.55. The molecule has 4 N–H and O–H groups in total. The van der Waals surface area contributed by atoms with E-state index in [0.717, 1.165) is 53.4 Å². The molecule has 0 radical (unpaired) electrons. The van der Waals surface area contributed by atoms with Crippen molar-refractivity contribution in [2.24, 2.45) is 0 Å². The molecule has 1 atom stereocenters. The number of H-pyrrole nitrogens is 1. The van der Waals surface area contributed by atoms with Crippen LogP contribution in [0.4, 0.5) is 0 Å². The molecule has 0 saturated heterocycles. The second kappa shape index (κ2) is 10.8. The average Bonchev–Trinajstić information content (AvgIpc) is 3.21. The fraction of sp³-hybridized carbons (Fsp3) is 0.333. The molecule has 1 amide bonds. The normalized spacial score (nSPS) is 12.2. The highest BCUT2D eigenvalue weighted by molar-refractivity contribution is 7.82. The first kappa shape index (κ1) is 21.2. The van der Waals surface area contributed by atoms with Gasteiger partial charge in [0.25, 0.3) is 0 Å². The van der Waals surface area contributed by atoms with E-state index in [0.29, 0.717) is 18.7 Å². The van der Waals surface area contributed by atoms with Crippen molar-refractivity contribution < 1.29 is 14.2 Å². The molecule has 3 aromatic rings. The van der Waals surface area contributed by atoms with Crippen molar-refractivity contribution >= 4 is 27.8 Å². The van der Waals surface area contributed by atoms with Gasteiger partial charge < -0.3 is 4.98 Å². The van der Waals surface area contributed by atoms with Crippen LogP contribution in [0.2, 0.25) is 0 Å². The van der Waals surface area contributed by atoms with Crippen molar-refractivity contribution in [3.63, 3.8) is 0 Å². The summed E-state index contributed by atoms with van der Waals surface area (Å²) in [6.45, 7) is 0.668. The van der Waals surface area contributed by atoms with Gasteiger partial charge in [-0.25, -0.2) is 14.4 Å². The largest absolute Gasteiger partial charge is 0.361 e. The Morgan fingerprint density at radius 1 is 1.10 bits per heavy atom. The van der Waals surface area contributed by atoms with Gasteiger partial charge in [-0.3, -0.25) is 15.0 Å². The zero-order chi connectivity index (χ0) is 20.5.